The third-order valence-electron chi connectivity index (χ3n) is 2.88. The van der Waals surface area contributed by atoms with Crippen LogP contribution in [0, 0.1) is 5.82 Å². The van der Waals surface area contributed by atoms with Crippen molar-refractivity contribution in [2.24, 2.45) is 0 Å². The maximum Gasteiger partial charge on any atom is 0.235 e. The van der Waals surface area contributed by atoms with Crippen LogP contribution in [-0.2, 0) is 9.53 Å². The lowest BCUT2D eigenvalue weighted by Gasteiger charge is -2.29. The molecule has 6 heteroatoms. The Hall–Kier alpha value is -1.27. The van der Waals surface area contributed by atoms with E-state index in [1.807, 2.05) is 6.92 Å². The van der Waals surface area contributed by atoms with E-state index in [0.717, 1.165) is 0 Å². The van der Waals surface area contributed by atoms with E-state index in [9.17, 15) is 9.18 Å². The fraction of sp³-hybridized carbons (Fsp3) is 0.462. The van der Waals surface area contributed by atoms with Crippen molar-refractivity contribution >= 4 is 23.4 Å². The number of hydrogen-bond acceptors (Lipinski definition) is 4. The van der Waals surface area contributed by atoms with E-state index >= 15 is 0 Å². The molecule has 2 N–H and O–H groups in total. The van der Waals surface area contributed by atoms with E-state index in [4.69, 9.17) is 10.5 Å². The van der Waals surface area contributed by atoms with Crippen LogP contribution in [0.4, 0.5) is 10.1 Å². The summed E-state index contributed by atoms with van der Waals surface area (Å²) < 4.78 is 18.4. The molecule has 1 aromatic rings. The molecule has 0 radical (unpaired) electrons. The number of ether oxygens (including phenoxy) is 1. The smallest absolute Gasteiger partial charge is 0.235 e. The van der Waals surface area contributed by atoms with Crippen molar-refractivity contribution in [2.45, 2.75) is 17.1 Å². The van der Waals surface area contributed by atoms with Gasteiger partial charge in [-0.1, -0.05) is 0 Å². The van der Waals surface area contributed by atoms with Crippen LogP contribution in [0.1, 0.15) is 6.92 Å². The summed E-state index contributed by atoms with van der Waals surface area (Å²) in [5.41, 5.74) is 5.96. The molecule has 0 aromatic heterocycles. The minimum Gasteiger partial charge on any atom is -0.399 e. The summed E-state index contributed by atoms with van der Waals surface area (Å²) in [6.07, 6.45) is 0. The fourth-order valence-electron chi connectivity index (χ4n) is 1.95. The predicted molar refractivity (Wildman–Crippen MR) is 73.5 cm³/mol. The molecule has 1 aliphatic heterocycles. The standard InChI is InChI=1S/C13H17FN2O2S/c1-9(13(17)16-2-4-18-5-3-16)19-12-7-10(14)6-11(15)8-12/h6-9H,2-5,15H2,1H3. The third kappa shape index (κ3) is 3.84. The van der Waals surface area contributed by atoms with Gasteiger partial charge < -0.3 is 15.4 Å². The molecule has 0 bridgehead atoms. The Morgan fingerprint density at radius 2 is 2.11 bits per heavy atom. The van der Waals surface area contributed by atoms with Crippen molar-refractivity contribution in [2.75, 3.05) is 32.0 Å². The summed E-state index contributed by atoms with van der Waals surface area (Å²) in [7, 11) is 0. The SMILES string of the molecule is CC(Sc1cc(N)cc(F)c1)C(=O)N1CCOCC1. The third-order valence-corrected chi connectivity index (χ3v) is 3.94. The minimum absolute atomic E-state index is 0.0520. The highest BCUT2D eigenvalue weighted by molar-refractivity contribution is 8.00. The number of rotatable bonds is 3. The zero-order valence-electron chi connectivity index (χ0n) is 10.8. The van der Waals surface area contributed by atoms with Crippen LogP contribution >= 0.6 is 11.8 Å². The van der Waals surface area contributed by atoms with Gasteiger partial charge in [0.1, 0.15) is 5.82 Å². The Labute approximate surface area is 116 Å². The first kappa shape index (κ1) is 14.1. The maximum absolute atomic E-state index is 13.2. The normalized spacial score (nSPS) is 17.3. The van der Waals surface area contributed by atoms with E-state index in [0.29, 0.717) is 36.9 Å². The summed E-state index contributed by atoms with van der Waals surface area (Å²) in [6, 6.07) is 4.33. The Balaban J connectivity index is 1.99. The van der Waals surface area contributed by atoms with Gasteiger partial charge in [0, 0.05) is 23.7 Å². The Kier molecular flexibility index (Phi) is 4.66. The molecular formula is C13H17FN2O2S. The van der Waals surface area contributed by atoms with Gasteiger partial charge in [-0.2, -0.15) is 0 Å². The molecule has 1 amide bonds. The zero-order valence-corrected chi connectivity index (χ0v) is 11.6. The van der Waals surface area contributed by atoms with Gasteiger partial charge in [-0.05, 0) is 25.1 Å². The molecule has 19 heavy (non-hydrogen) atoms. The molecule has 2 rings (SSSR count). The second-order valence-electron chi connectivity index (χ2n) is 4.42. The molecule has 1 unspecified atom stereocenters. The van der Waals surface area contributed by atoms with Gasteiger partial charge in [0.25, 0.3) is 0 Å². The van der Waals surface area contributed by atoms with Crippen LogP contribution in [0.3, 0.4) is 0 Å². The summed E-state index contributed by atoms with van der Waals surface area (Å²) in [6.45, 7) is 4.22. The number of nitrogens with zero attached hydrogens (tertiary/aromatic N) is 1. The second kappa shape index (κ2) is 6.25. The van der Waals surface area contributed by atoms with Crippen molar-refractivity contribution in [3.63, 3.8) is 0 Å². The number of anilines is 1. The Morgan fingerprint density at radius 3 is 2.74 bits per heavy atom. The number of nitrogens with two attached hydrogens (primary N) is 1. The number of benzene rings is 1. The summed E-state index contributed by atoms with van der Waals surface area (Å²) >= 11 is 1.32. The highest BCUT2D eigenvalue weighted by Crippen LogP contribution is 2.27. The van der Waals surface area contributed by atoms with Crippen LogP contribution in [0.15, 0.2) is 23.1 Å². The fourth-order valence-corrected chi connectivity index (χ4v) is 2.99. The van der Waals surface area contributed by atoms with E-state index in [-0.39, 0.29) is 17.0 Å². The molecule has 1 aromatic carbocycles. The summed E-state index contributed by atoms with van der Waals surface area (Å²) in [5, 5.41) is -0.265. The molecule has 4 nitrogen and oxygen atoms in total. The minimum atomic E-state index is -0.381. The lowest BCUT2D eigenvalue weighted by atomic mass is 10.3. The van der Waals surface area contributed by atoms with Crippen molar-refractivity contribution in [3.8, 4) is 0 Å². The van der Waals surface area contributed by atoms with E-state index < -0.39 is 0 Å². The molecule has 0 aliphatic carbocycles. The molecule has 1 fully saturated rings. The van der Waals surface area contributed by atoms with E-state index in [1.54, 1.807) is 11.0 Å². The van der Waals surface area contributed by atoms with Gasteiger partial charge in [0.15, 0.2) is 0 Å². The monoisotopic (exact) mass is 284 g/mol. The van der Waals surface area contributed by atoms with Crippen molar-refractivity contribution in [1.82, 2.24) is 4.90 Å². The number of carbonyl (C=O) groups excluding carboxylic acids is 1. The number of amides is 1. The van der Waals surface area contributed by atoms with Gasteiger partial charge in [0.05, 0.1) is 18.5 Å². The summed E-state index contributed by atoms with van der Waals surface area (Å²) in [5.74, 6) is -0.329. The predicted octanol–water partition coefficient (Wildman–Crippen LogP) is 1.75. The highest BCUT2D eigenvalue weighted by Gasteiger charge is 2.23. The van der Waals surface area contributed by atoms with Gasteiger partial charge in [-0.3, -0.25) is 4.79 Å². The summed E-state index contributed by atoms with van der Waals surface area (Å²) in [4.78, 5) is 14.7. The lowest BCUT2D eigenvalue weighted by Crippen LogP contribution is -2.44. The van der Waals surface area contributed by atoms with Crippen molar-refractivity contribution in [3.05, 3.63) is 24.0 Å². The van der Waals surface area contributed by atoms with Crippen LogP contribution in [0.25, 0.3) is 0 Å². The molecule has 1 saturated heterocycles. The molecular weight excluding hydrogens is 267 g/mol. The van der Waals surface area contributed by atoms with Gasteiger partial charge in [-0.25, -0.2) is 4.39 Å². The van der Waals surface area contributed by atoms with Crippen LogP contribution in [-0.4, -0.2) is 42.4 Å². The van der Waals surface area contributed by atoms with Gasteiger partial charge in [-0.15, -0.1) is 11.8 Å². The van der Waals surface area contributed by atoms with Crippen LogP contribution in [0.2, 0.25) is 0 Å². The average molecular weight is 284 g/mol. The molecule has 0 saturated carbocycles. The molecule has 1 heterocycles. The Bertz CT molecular complexity index is 444. The number of carbonyl (C=O) groups is 1. The Morgan fingerprint density at radius 1 is 1.42 bits per heavy atom. The van der Waals surface area contributed by atoms with Gasteiger partial charge in [0.2, 0.25) is 5.91 Å². The van der Waals surface area contributed by atoms with Crippen LogP contribution in [0.5, 0.6) is 0 Å². The van der Waals surface area contributed by atoms with E-state index in [1.165, 1.54) is 23.9 Å². The highest BCUT2D eigenvalue weighted by atomic mass is 32.2. The maximum atomic E-state index is 13.2. The topological polar surface area (TPSA) is 55.6 Å². The number of thioether (sulfide) groups is 1. The molecule has 1 atom stereocenters. The average Bonchev–Trinajstić information content (AvgIpc) is 2.37. The van der Waals surface area contributed by atoms with Gasteiger partial charge >= 0.3 is 0 Å². The molecule has 104 valence electrons. The zero-order chi connectivity index (χ0) is 13.8. The molecule has 0 spiro atoms. The molecule has 1 aliphatic rings. The van der Waals surface area contributed by atoms with Crippen LogP contribution < -0.4 is 5.73 Å². The first-order valence-electron chi connectivity index (χ1n) is 6.15. The number of hydrogen-bond donors (Lipinski definition) is 1. The number of nitrogen functional groups attached to an aromatic ring is 1. The van der Waals surface area contributed by atoms with Crippen molar-refractivity contribution < 1.29 is 13.9 Å². The van der Waals surface area contributed by atoms with E-state index in [2.05, 4.69) is 0 Å². The first-order chi connectivity index (χ1) is 9.06. The second-order valence-corrected chi connectivity index (χ2v) is 5.83. The number of morpholine rings is 1. The lowest BCUT2D eigenvalue weighted by molar-refractivity contribution is -0.134. The first-order valence-corrected chi connectivity index (χ1v) is 7.03. The number of halogens is 1. The largest absolute Gasteiger partial charge is 0.399 e. The van der Waals surface area contributed by atoms with Crippen molar-refractivity contribution in [1.29, 1.82) is 0 Å². The quantitative estimate of drug-likeness (QED) is 0.678.